The Morgan fingerprint density at radius 1 is 1.39 bits per heavy atom. The van der Waals surface area contributed by atoms with E-state index in [1.54, 1.807) is 4.90 Å². The Balaban J connectivity index is 2.51. The lowest BCUT2D eigenvalue weighted by Gasteiger charge is -2.25. The van der Waals surface area contributed by atoms with Crippen LogP contribution in [0.5, 0.6) is 0 Å². The molecule has 0 unspecified atom stereocenters. The van der Waals surface area contributed by atoms with E-state index < -0.39 is 0 Å². The van der Waals surface area contributed by atoms with E-state index in [-0.39, 0.29) is 18.6 Å². The molecule has 3 nitrogen and oxygen atoms in total. The summed E-state index contributed by atoms with van der Waals surface area (Å²) in [7, 11) is 0. The minimum absolute atomic E-state index is 0.00682. The molecule has 0 bridgehead atoms. The van der Waals surface area contributed by atoms with Gasteiger partial charge in [-0.25, -0.2) is 0 Å². The summed E-state index contributed by atoms with van der Waals surface area (Å²) in [5, 5.41) is 8.94. The molecule has 5 heteroatoms. The number of thioether (sulfide) groups is 1. The number of aliphatic hydroxyl groups is 1. The third-order valence-corrected chi connectivity index (χ3v) is 3.99. The molecular weight excluding hydrogens is 314 g/mol. The maximum atomic E-state index is 12.0. The molecule has 1 amide bonds. The number of rotatable bonds is 6. The summed E-state index contributed by atoms with van der Waals surface area (Å²) in [5.74, 6) is 0.465. The van der Waals surface area contributed by atoms with Crippen molar-refractivity contribution in [2.75, 3.05) is 18.9 Å². The van der Waals surface area contributed by atoms with E-state index in [1.165, 1.54) is 11.8 Å². The Morgan fingerprint density at radius 3 is 2.50 bits per heavy atom. The van der Waals surface area contributed by atoms with E-state index >= 15 is 0 Å². The van der Waals surface area contributed by atoms with Gasteiger partial charge in [0.15, 0.2) is 0 Å². The zero-order valence-electron chi connectivity index (χ0n) is 10.6. The van der Waals surface area contributed by atoms with Crippen molar-refractivity contribution in [3.63, 3.8) is 0 Å². The van der Waals surface area contributed by atoms with Crippen LogP contribution in [0.15, 0.2) is 33.6 Å². The van der Waals surface area contributed by atoms with Crippen molar-refractivity contribution < 1.29 is 9.90 Å². The van der Waals surface area contributed by atoms with Crippen LogP contribution in [-0.4, -0.2) is 40.9 Å². The van der Waals surface area contributed by atoms with Crippen molar-refractivity contribution in [1.82, 2.24) is 4.90 Å². The molecule has 0 aliphatic heterocycles. The van der Waals surface area contributed by atoms with Crippen LogP contribution in [0, 0.1) is 0 Å². The summed E-state index contributed by atoms with van der Waals surface area (Å²) in [6, 6.07) is 8.00. The van der Waals surface area contributed by atoms with Gasteiger partial charge in [-0.15, -0.1) is 11.8 Å². The molecule has 0 aromatic heterocycles. The molecule has 100 valence electrons. The molecule has 0 heterocycles. The summed E-state index contributed by atoms with van der Waals surface area (Å²) in [6.45, 7) is 4.32. The van der Waals surface area contributed by atoms with Crippen LogP contribution in [0.3, 0.4) is 0 Å². The van der Waals surface area contributed by atoms with Gasteiger partial charge in [0, 0.05) is 22.0 Å². The van der Waals surface area contributed by atoms with E-state index in [0.717, 1.165) is 9.37 Å². The normalized spacial score (nSPS) is 10.7. The number of carbonyl (C=O) groups excluding carboxylic acids is 1. The van der Waals surface area contributed by atoms with Gasteiger partial charge in [0.25, 0.3) is 0 Å². The number of aliphatic hydroxyl groups excluding tert-OH is 1. The average molecular weight is 332 g/mol. The monoisotopic (exact) mass is 331 g/mol. The summed E-state index contributed by atoms with van der Waals surface area (Å²) >= 11 is 4.89. The van der Waals surface area contributed by atoms with E-state index in [9.17, 15) is 4.79 Å². The van der Waals surface area contributed by atoms with Crippen molar-refractivity contribution in [3.05, 3.63) is 28.7 Å². The molecule has 1 aromatic rings. The molecule has 1 N–H and O–H groups in total. The van der Waals surface area contributed by atoms with Crippen LogP contribution in [0.25, 0.3) is 0 Å². The highest BCUT2D eigenvalue weighted by atomic mass is 79.9. The standard InChI is InChI=1S/C13H18BrNO2S/c1-10(2)15(7-8-16)13(17)9-18-12-5-3-11(14)4-6-12/h3-6,10,16H,7-9H2,1-2H3. The highest BCUT2D eigenvalue weighted by Gasteiger charge is 2.16. The van der Waals surface area contributed by atoms with Crippen LogP contribution in [-0.2, 0) is 4.79 Å². The van der Waals surface area contributed by atoms with Crippen LogP contribution < -0.4 is 0 Å². The lowest BCUT2D eigenvalue weighted by atomic mass is 10.3. The second kappa shape index (κ2) is 7.81. The van der Waals surface area contributed by atoms with Crippen LogP contribution in [0.2, 0.25) is 0 Å². The van der Waals surface area contributed by atoms with E-state index in [1.807, 2.05) is 38.1 Å². The summed E-state index contributed by atoms with van der Waals surface area (Å²) < 4.78 is 1.03. The van der Waals surface area contributed by atoms with Gasteiger partial charge in [0.1, 0.15) is 0 Å². The predicted octanol–water partition coefficient (Wildman–Crippen LogP) is 2.77. The van der Waals surface area contributed by atoms with Gasteiger partial charge in [0.2, 0.25) is 5.91 Å². The van der Waals surface area contributed by atoms with E-state index in [0.29, 0.717) is 12.3 Å². The fourth-order valence-corrected chi connectivity index (χ4v) is 2.59. The summed E-state index contributed by atoms with van der Waals surface area (Å²) in [4.78, 5) is 14.8. The van der Waals surface area contributed by atoms with Gasteiger partial charge < -0.3 is 10.0 Å². The van der Waals surface area contributed by atoms with Gasteiger partial charge in [-0.3, -0.25) is 4.79 Å². The van der Waals surface area contributed by atoms with Crippen molar-refractivity contribution in [1.29, 1.82) is 0 Å². The van der Waals surface area contributed by atoms with Gasteiger partial charge in [0.05, 0.1) is 12.4 Å². The second-order valence-electron chi connectivity index (χ2n) is 4.15. The number of halogens is 1. The Morgan fingerprint density at radius 2 is 2.00 bits per heavy atom. The van der Waals surface area contributed by atoms with Crippen molar-refractivity contribution in [2.24, 2.45) is 0 Å². The third kappa shape index (κ3) is 5.00. The average Bonchev–Trinajstić information content (AvgIpc) is 2.34. The smallest absolute Gasteiger partial charge is 0.233 e. The molecule has 1 rings (SSSR count). The van der Waals surface area contributed by atoms with Crippen molar-refractivity contribution in [2.45, 2.75) is 24.8 Å². The molecule has 0 aliphatic carbocycles. The fraction of sp³-hybridized carbons (Fsp3) is 0.462. The topological polar surface area (TPSA) is 40.5 Å². The maximum Gasteiger partial charge on any atom is 0.233 e. The fourth-order valence-electron chi connectivity index (χ4n) is 1.54. The second-order valence-corrected chi connectivity index (χ2v) is 6.11. The zero-order chi connectivity index (χ0) is 13.5. The molecule has 18 heavy (non-hydrogen) atoms. The molecule has 0 saturated heterocycles. The first-order valence-corrected chi connectivity index (χ1v) is 7.61. The first-order valence-electron chi connectivity index (χ1n) is 5.83. The molecule has 0 fully saturated rings. The Hall–Kier alpha value is -0.520. The summed E-state index contributed by atoms with van der Waals surface area (Å²) in [5.41, 5.74) is 0. The largest absolute Gasteiger partial charge is 0.395 e. The Kier molecular flexibility index (Phi) is 6.75. The minimum Gasteiger partial charge on any atom is -0.395 e. The molecule has 0 spiro atoms. The Bertz CT molecular complexity index is 381. The highest BCUT2D eigenvalue weighted by molar-refractivity contribution is 9.10. The van der Waals surface area contributed by atoms with Gasteiger partial charge >= 0.3 is 0 Å². The van der Waals surface area contributed by atoms with Crippen molar-refractivity contribution in [3.8, 4) is 0 Å². The van der Waals surface area contributed by atoms with Crippen molar-refractivity contribution >= 4 is 33.6 Å². The number of nitrogens with zero attached hydrogens (tertiary/aromatic N) is 1. The van der Waals surface area contributed by atoms with Crippen LogP contribution >= 0.6 is 27.7 Å². The van der Waals surface area contributed by atoms with Gasteiger partial charge in [-0.05, 0) is 38.1 Å². The van der Waals surface area contributed by atoms with E-state index in [4.69, 9.17) is 5.11 Å². The Labute approximate surface area is 121 Å². The van der Waals surface area contributed by atoms with Crippen LogP contribution in [0.4, 0.5) is 0 Å². The first kappa shape index (κ1) is 15.5. The highest BCUT2D eigenvalue weighted by Crippen LogP contribution is 2.21. The molecule has 0 radical (unpaired) electrons. The van der Waals surface area contributed by atoms with E-state index in [2.05, 4.69) is 15.9 Å². The molecule has 0 atom stereocenters. The number of hydrogen-bond acceptors (Lipinski definition) is 3. The zero-order valence-corrected chi connectivity index (χ0v) is 13.0. The van der Waals surface area contributed by atoms with Gasteiger partial charge in [-0.1, -0.05) is 15.9 Å². The lowest BCUT2D eigenvalue weighted by molar-refractivity contribution is -0.130. The summed E-state index contributed by atoms with van der Waals surface area (Å²) in [6.07, 6.45) is 0. The quantitative estimate of drug-likeness (QED) is 0.815. The number of carbonyl (C=O) groups is 1. The van der Waals surface area contributed by atoms with Gasteiger partial charge in [-0.2, -0.15) is 0 Å². The molecule has 0 aliphatic rings. The number of amides is 1. The molecular formula is C13H18BrNO2S. The first-order chi connectivity index (χ1) is 8.54. The maximum absolute atomic E-state index is 12.0. The number of benzene rings is 1. The number of hydrogen-bond donors (Lipinski definition) is 1. The molecule has 1 aromatic carbocycles. The SMILES string of the molecule is CC(C)N(CCO)C(=O)CSc1ccc(Br)cc1. The lowest BCUT2D eigenvalue weighted by Crippen LogP contribution is -2.40. The third-order valence-electron chi connectivity index (χ3n) is 2.46. The molecule has 0 saturated carbocycles. The predicted molar refractivity (Wildman–Crippen MR) is 78.8 cm³/mol. The van der Waals surface area contributed by atoms with Crippen LogP contribution in [0.1, 0.15) is 13.8 Å². The minimum atomic E-state index is 0.00682.